The molecule has 1 aliphatic rings. The molecule has 5 heteroatoms. The van der Waals surface area contributed by atoms with Gasteiger partial charge in [0, 0.05) is 37.5 Å². The van der Waals surface area contributed by atoms with Gasteiger partial charge in [-0.15, -0.1) is 0 Å². The molecule has 0 spiro atoms. The van der Waals surface area contributed by atoms with E-state index in [0.29, 0.717) is 6.54 Å². The van der Waals surface area contributed by atoms with E-state index in [9.17, 15) is 10.2 Å². The zero-order valence-corrected chi connectivity index (χ0v) is 20.9. The van der Waals surface area contributed by atoms with Crippen LogP contribution >= 0.6 is 0 Å². The van der Waals surface area contributed by atoms with Crippen molar-refractivity contribution in [3.63, 3.8) is 0 Å². The van der Waals surface area contributed by atoms with Gasteiger partial charge in [-0.3, -0.25) is 4.90 Å². The third-order valence-corrected chi connectivity index (χ3v) is 7.00. The summed E-state index contributed by atoms with van der Waals surface area (Å²) in [5.74, 6) is 1.40. The number of hydrogen-bond acceptors (Lipinski definition) is 5. The molecule has 1 heterocycles. The van der Waals surface area contributed by atoms with Crippen molar-refractivity contribution in [1.82, 2.24) is 4.90 Å². The van der Waals surface area contributed by atoms with E-state index in [1.165, 1.54) is 37.9 Å². The lowest BCUT2D eigenvalue weighted by atomic mass is 9.99. The van der Waals surface area contributed by atoms with Crippen LogP contribution in [0.15, 0.2) is 78.9 Å². The van der Waals surface area contributed by atoms with E-state index in [1.807, 2.05) is 43.4 Å². The second-order valence-corrected chi connectivity index (χ2v) is 9.70. The lowest BCUT2D eigenvalue weighted by molar-refractivity contribution is 0.183. The minimum Gasteiger partial charge on any atom is -0.508 e. The number of ether oxygens (including phenoxy) is 1. The van der Waals surface area contributed by atoms with E-state index in [2.05, 4.69) is 34.1 Å². The fraction of sp³-hybridized carbons (Fsp3) is 0.290. The fourth-order valence-corrected chi connectivity index (χ4v) is 5.01. The molecule has 4 aromatic rings. The van der Waals surface area contributed by atoms with Crippen molar-refractivity contribution >= 4 is 16.5 Å². The molecule has 2 N–H and O–H groups in total. The Kier molecular flexibility index (Phi) is 7.28. The predicted octanol–water partition coefficient (Wildman–Crippen LogP) is 6.42. The van der Waals surface area contributed by atoms with Crippen LogP contribution in [0.4, 0.5) is 5.69 Å². The number of piperidine rings is 1. The smallest absolute Gasteiger partial charge is 0.119 e. The summed E-state index contributed by atoms with van der Waals surface area (Å²) in [6, 6.07) is 25.4. The summed E-state index contributed by atoms with van der Waals surface area (Å²) in [4.78, 5) is 4.64. The Balaban J connectivity index is 1.27. The Hall–Kier alpha value is -3.70. The van der Waals surface area contributed by atoms with Crippen LogP contribution in [0.25, 0.3) is 21.9 Å². The Morgan fingerprint density at radius 2 is 1.47 bits per heavy atom. The number of fused-ring (bicyclic) bond motifs is 1. The Morgan fingerprint density at radius 3 is 2.28 bits per heavy atom. The predicted molar refractivity (Wildman–Crippen MR) is 147 cm³/mol. The number of phenols is 2. The molecule has 5 nitrogen and oxygen atoms in total. The normalized spacial score (nSPS) is 14.1. The first-order chi connectivity index (χ1) is 17.5. The molecule has 0 bridgehead atoms. The molecule has 1 saturated heterocycles. The van der Waals surface area contributed by atoms with Gasteiger partial charge in [0.2, 0.25) is 0 Å². The van der Waals surface area contributed by atoms with Crippen molar-refractivity contribution in [2.45, 2.75) is 25.8 Å². The molecule has 0 aliphatic carbocycles. The Bertz CT molecular complexity index is 1310. The maximum atomic E-state index is 10.2. The summed E-state index contributed by atoms with van der Waals surface area (Å²) in [6.07, 6.45) is 3.95. The third-order valence-electron chi connectivity index (χ3n) is 7.00. The van der Waals surface area contributed by atoms with Gasteiger partial charge in [-0.2, -0.15) is 0 Å². The van der Waals surface area contributed by atoms with E-state index in [-0.39, 0.29) is 11.5 Å². The van der Waals surface area contributed by atoms with Crippen molar-refractivity contribution < 1.29 is 14.9 Å². The molecule has 0 radical (unpaired) electrons. The van der Waals surface area contributed by atoms with Gasteiger partial charge in [0.05, 0.1) is 0 Å². The van der Waals surface area contributed by atoms with Crippen LogP contribution in [-0.4, -0.2) is 48.4 Å². The van der Waals surface area contributed by atoms with Gasteiger partial charge in [0.25, 0.3) is 0 Å². The highest BCUT2D eigenvalue weighted by Gasteiger charge is 2.13. The zero-order valence-electron chi connectivity index (χ0n) is 20.9. The fourth-order valence-electron chi connectivity index (χ4n) is 5.01. The summed E-state index contributed by atoms with van der Waals surface area (Å²) in [6.45, 7) is 4.78. The molecule has 0 saturated carbocycles. The van der Waals surface area contributed by atoms with Crippen LogP contribution in [0, 0.1) is 0 Å². The van der Waals surface area contributed by atoms with E-state index < -0.39 is 0 Å². The molecule has 36 heavy (non-hydrogen) atoms. The van der Waals surface area contributed by atoms with E-state index in [1.54, 1.807) is 18.2 Å². The molecule has 0 unspecified atom stereocenters. The van der Waals surface area contributed by atoms with Gasteiger partial charge in [-0.05, 0) is 90.3 Å². The highest BCUT2D eigenvalue weighted by atomic mass is 16.5. The number of aromatic hydroxyl groups is 2. The monoisotopic (exact) mass is 482 g/mol. The highest BCUT2D eigenvalue weighted by Crippen LogP contribution is 2.36. The van der Waals surface area contributed by atoms with Crippen molar-refractivity contribution in [2.24, 2.45) is 0 Å². The quantitative estimate of drug-likeness (QED) is 0.304. The topological polar surface area (TPSA) is 56.2 Å². The lowest BCUT2D eigenvalue weighted by Gasteiger charge is -2.26. The van der Waals surface area contributed by atoms with Crippen molar-refractivity contribution in [3.05, 3.63) is 84.4 Å². The molecular formula is C31H34N2O3. The van der Waals surface area contributed by atoms with Crippen LogP contribution in [-0.2, 0) is 6.54 Å². The van der Waals surface area contributed by atoms with Crippen molar-refractivity contribution in [1.29, 1.82) is 0 Å². The van der Waals surface area contributed by atoms with Crippen LogP contribution in [0.3, 0.4) is 0 Å². The first-order valence-electron chi connectivity index (χ1n) is 12.8. The van der Waals surface area contributed by atoms with Crippen LogP contribution in [0.1, 0.15) is 24.8 Å². The summed E-state index contributed by atoms with van der Waals surface area (Å²) >= 11 is 0. The third kappa shape index (κ3) is 5.74. The van der Waals surface area contributed by atoms with Crippen LogP contribution < -0.4 is 9.64 Å². The van der Waals surface area contributed by atoms with Gasteiger partial charge < -0.3 is 19.8 Å². The maximum absolute atomic E-state index is 10.2. The lowest BCUT2D eigenvalue weighted by Crippen LogP contribution is -2.33. The largest absolute Gasteiger partial charge is 0.508 e. The minimum atomic E-state index is 0.240. The number of phenolic OH excluding ortho intramolecular Hbond substituents is 2. The first kappa shape index (κ1) is 24.0. The summed E-state index contributed by atoms with van der Waals surface area (Å²) in [5.41, 5.74) is 4.23. The second kappa shape index (κ2) is 10.9. The molecule has 1 fully saturated rings. The zero-order chi connectivity index (χ0) is 24.9. The molecule has 0 aromatic heterocycles. The van der Waals surface area contributed by atoms with Gasteiger partial charge in [0.15, 0.2) is 0 Å². The van der Waals surface area contributed by atoms with Gasteiger partial charge in [-0.1, -0.05) is 36.8 Å². The number of rotatable bonds is 8. The number of nitrogens with zero attached hydrogens (tertiary/aromatic N) is 2. The van der Waals surface area contributed by atoms with E-state index >= 15 is 0 Å². The van der Waals surface area contributed by atoms with Crippen molar-refractivity contribution in [2.75, 3.05) is 38.2 Å². The number of hydrogen-bond donors (Lipinski definition) is 2. The molecule has 0 amide bonds. The summed E-state index contributed by atoms with van der Waals surface area (Å²) in [7, 11) is 2.04. The summed E-state index contributed by atoms with van der Waals surface area (Å²) in [5, 5.41) is 22.1. The van der Waals surface area contributed by atoms with E-state index in [0.717, 1.165) is 46.5 Å². The average Bonchev–Trinajstić information content (AvgIpc) is 2.90. The van der Waals surface area contributed by atoms with Crippen molar-refractivity contribution in [3.8, 4) is 28.4 Å². The molecule has 4 aromatic carbocycles. The Morgan fingerprint density at radius 1 is 0.778 bits per heavy atom. The molecule has 0 atom stereocenters. The number of anilines is 1. The second-order valence-electron chi connectivity index (χ2n) is 9.70. The van der Waals surface area contributed by atoms with Gasteiger partial charge >= 0.3 is 0 Å². The number of likely N-dealkylation sites (tertiary alicyclic amines) is 1. The first-order valence-corrected chi connectivity index (χ1v) is 12.8. The average molecular weight is 483 g/mol. The molecular weight excluding hydrogens is 448 g/mol. The number of benzene rings is 4. The molecule has 186 valence electrons. The maximum Gasteiger partial charge on any atom is 0.119 e. The van der Waals surface area contributed by atoms with Gasteiger partial charge in [-0.25, -0.2) is 0 Å². The Labute approximate surface area is 213 Å². The SMILES string of the molecule is CN(Cc1ccc(OCCN2CCCCC2)cc1)c1cc(O)ccc1-c1ccc2cc(O)ccc2c1. The minimum absolute atomic E-state index is 0.240. The van der Waals surface area contributed by atoms with Gasteiger partial charge in [0.1, 0.15) is 23.9 Å². The summed E-state index contributed by atoms with van der Waals surface area (Å²) < 4.78 is 5.98. The standard InChI is InChI=1S/C31H34N2O3/c1-32(22-23-5-12-29(13-6-23)36-18-17-33-15-3-2-4-16-33)31-21-28(35)11-14-30(31)26-8-7-25-20-27(34)10-9-24(25)19-26/h5-14,19-21,34-35H,2-4,15-18,22H2,1H3. The molecule has 1 aliphatic heterocycles. The van der Waals surface area contributed by atoms with E-state index in [4.69, 9.17) is 4.74 Å². The van der Waals surface area contributed by atoms with Crippen LogP contribution in [0.5, 0.6) is 17.2 Å². The molecule has 5 rings (SSSR count). The van der Waals surface area contributed by atoms with Crippen LogP contribution in [0.2, 0.25) is 0 Å². The highest BCUT2D eigenvalue weighted by molar-refractivity contribution is 5.91.